The van der Waals surface area contributed by atoms with Gasteiger partial charge in [0.25, 0.3) is 0 Å². The van der Waals surface area contributed by atoms with Crippen LogP contribution in [-0.2, 0) is 0 Å². The lowest BCUT2D eigenvalue weighted by atomic mass is 10.2. The van der Waals surface area contributed by atoms with Crippen molar-refractivity contribution < 1.29 is 13.9 Å². The van der Waals surface area contributed by atoms with E-state index in [1.165, 1.54) is 12.1 Å². The van der Waals surface area contributed by atoms with Crippen molar-refractivity contribution in [2.24, 2.45) is 0 Å². The van der Waals surface area contributed by atoms with Crippen molar-refractivity contribution >= 4 is 28.7 Å². The highest BCUT2D eigenvalue weighted by atomic mass is 32.1. The third-order valence-corrected chi connectivity index (χ3v) is 2.93. The molecule has 0 saturated heterocycles. The maximum atomic E-state index is 13.1. The van der Waals surface area contributed by atoms with E-state index in [9.17, 15) is 4.39 Å². The van der Waals surface area contributed by atoms with Crippen LogP contribution >= 0.6 is 12.2 Å². The van der Waals surface area contributed by atoms with Crippen molar-refractivity contribution in [3.05, 3.63) is 48.3 Å². The first kappa shape index (κ1) is 15.1. The summed E-state index contributed by atoms with van der Waals surface area (Å²) < 4.78 is 23.5. The van der Waals surface area contributed by atoms with E-state index in [2.05, 4.69) is 10.6 Å². The molecule has 2 rings (SSSR count). The third-order valence-electron chi connectivity index (χ3n) is 2.72. The van der Waals surface area contributed by atoms with Gasteiger partial charge in [-0.15, -0.1) is 0 Å². The lowest BCUT2D eigenvalue weighted by molar-refractivity contribution is 0.355. The second-order valence-corrected chi connectivity index (χ2v) is 4.57. The van der Waals surface area contributed by atoms with Gasteiger partial charge in [-0.25, -0.2) is 4.39 Å². The number of benzene rings is 2. The van der Waals surface area contributed by atoms with E-state index < -0.39 is 0 Å². The van der Waals surface area contributed by atoms with Crippen LogP contribution in [-0.4, -0.2) is 19.3 Å². The molecule has 0 heterocycles. The van der Waals surface area contributed by atoms with Crippen LogP contribution in [0, 0.1) is 5.82 Å². The van der Waals surface area contributed by atoms with Gasteiger partial charge in [-0.05, 0) is 42.5 Å². The van der Waals surface area contributed by atoms with Crippen molar-refractivity contribution in [1.29, 1.82) is 0 Å². The number of nitrogens with one attached hydrogen (secondary N) is 2. The van der Waals surface area contributed by atoms with Gasteiger partial charge >= 0.3 is 0 Å². The number of rotatable bonds is 4. The Kier molecular flexibility index (Phi) is 4.94. The molecule has 0 amide bonds. The smallest absolute Gasteiger partial charge is 0.175 e. The Bertz CT molecular complexity index is 649. The molecule has 2 N–H and O–H groups in total. The largest absolute Gasteiger partial charge is 0.493 e. The Hall–Kier alpha value is -2.34. The molecule has 0 fully saturated rings. The maximum absolute atomic E-state index is 13.1. The molecule has 0 radical (unpaired) electrons. The zero-order valence-electron chi connectivity index (χ0n) is 11.6. The number of anilines is 2. The molecule has 6 heteroatoms. The number of thiocarbonyl (C=S) groups is 1. The lowest BCUT2D eigenvalue weighted by Crippen LogP contribution is -2.19. The van der Waals surface area contributed by atoms with E-state index >= 15 is 0 Å². The predicted octanol–water partition coefficient (Wildman–Crippen LogP) is 3.65. The fourth-order valence-electron chi connectivity index (χ4n) is 1.77. The molecule has 0 aliphatic rings. The van der Waals surface area contributed by atoms with Gasteiger partial charge in [0.2, 0.25) is 0 Å². The number of methoxy groups -OCH3 is 2. The summed E-state index contributed by atoms with van der Waals surface area (Å²) >= 11 is 5.19. The highest BCUT2D eigenvalue weighted by Gasteiger charge is 2.06. The monoisotopic (exact) mass is 306 g/mol. The molecule has 0 aliphatic heterocycles. The quantitative estimate of drug-likeness (QED) is 0.844. The molecule has 110 valence electrons. The van der Waals surface area contributed by atoms with E-state index in [0.29, 0.717) is 22.3 Å². The third kappa shape index (κ3) is 4.06. The van der Waals surface area contributed by atoms with Gasteiger partial charge in [0.15, 0.2) is 16.6 Å². The van der Waals surface area contributed by atoms with E-state index in [0.717, 1.165) is 5.69 Å². The average Bonchev–Trinajstić information content (AvgIpc) is 2.47. The maximum Gasteiger partial charge on any atom is 0.175 e. The van der Waals surface area contributed by atoms with Crippen LogP contribution in [0.25, 0.3) is 0 Å². The molecule has 21 heavy (non-hydrogen) atoms. The van der Waals surface area contributed by atoms with Gasteiger partial charge in [0, 0.05) is 17.4 Å². The predicted molar refractivity (Wildman–Crippen MR) is 85.8 cm³/mol. The number of ether oxygens (including phenoxy) is 2. The molecule has 0 unspecified atom stereocenters. The minimum atomic E-state index is -0.325. The standard InChI is InChI=1S/C15H15FN2O2S/c1-19-13-7-6-12(9-14(13)20-2)18-15(21)17-11-5-3-4-10(16)8-11/h3-9H,1-2H3,(H2,17,18,21). The summed E-state index contributed by atoms with van der Waals surface area (Å²) in [6.45, 7) is 0. The first-order valence-electron chi connectivity index (χ1n) is 6.18. The molecule has 0 spiro atoms. The first-order chi connectivity index (χ1) is 10.1. The highest BCUT2D eigenvalue weighted by molar-refractivity contribution is 7.80. The average molecular weight is 306 g/mol. The van der Waals surface area contributed by atoms with E-state index in [1.807, 2.05) is 0 Å². The molecule has 2 aromatic carbocycles. The molecule has 0 saturated carbocycles. The van der Waals surface area contributed by atoms with E-state index in [4.69, 9.17) is 21.7 Å². The SMILES string of the molecule is COc1ccc(NC(=S)Nc2cccc(F)c2)cc1OC. The topological polar surface area (TPSA) is 42.5 Å². The number of halogens is 1. The van der Waals surface area contributed by atoms with Crippen LogP contribution in [0.3, 0.4) is 0 Å². The van der Waals surface area contributed by atoms with Crippen molar-refractivity contribution in [3.63, 3.8) is 0 Å². The Labute approximate surface area is 127 Å². The number of hydrogen-bond acceptors (Lipinski definition) is 3. The molecule has 2 aromatic rings. The Morgan fingerprint density at radius 1 is 0.952 bits per heavy atom. The van der Waals surface area contributed by atoms with Gasteiger partial charge in [-0.1, -0.05) is 6.07 Å². The van der Waals surface area contributed by atoms with Gasteiger partial charge in [-0.2, -0.15) is 0 Å². The minimum Gasteiger partial charge on any atom is -0.493 e. The zero-order chi connectivity index (χ0) is 15.2. The minimum absolute atomic E-state index is 0.325. The normalized spacial score (nSPS) is 9.86. The molecule has 0 aromatic heterocycles. The lowest BCUT2D eigenvalue weighted by Gasteiger charge is -2.13. The van der Waals surface area contributed by atoms with Crippen LogP contribution in [0.2, 0.25) is 0 Å². The summed E-state index contributed by atoms with van der Waals surface area (Å²) in [5.74, 6) is 0.900. The Balaban J connectivity index is 2.06. The van der Waals surface area contributed by atoms with Crippen molar-refractivity contribution in [2.45, 2.75) is 0 Å². The molecular formula is C15H15FN2O2S. The zero-order valence-corrected chi connectivity index (χ0v) is 12.5. The van der Waals surface area contributed by atoms with E-state index in [-0.39, 0.29) is 5.82 Å². The molecule has 0 bridgehead atoms. The van der Waals surface area contributed by atoms with Gasteiger partial charge in [-0.3, -0.25) is 0 Å². The van der Waals surface area contributed by atoms with Crippen molar-refractivity contribution in [3.8, 4) is 11.5 Å². The fraction of sp³-hybridized carbons (Fsp3) is 0.133. The first-order valence-corrected chi connectivity index (χ1v) is 6.59. The summed E-state index contributed by atoms with van der Waals surface area (Å²) in [4.78, 5) is 0. The summed E-state index contributed by atoms with van der Waals surface area (Å²) in [7, 11) is 3.13. The van der Waals surface area contributed by atoms with Crippen molar-refractivity contribution in [1.82, 2.24) is 0 Å². The Morgan fingerprint density at radius 3 is 2.24 bits per heavy atom. The van der Waals surface area contributed by atoms with Gasteiger partial charge in [0.05, 0.1) is 14.2 Å². The van der Waals surface area contributed by atoms with Crippen LogP contribution < -0.4 is 20.1 Å². The number of hydrogen-bond donors (Lipinski definition) is 2. The summed E-state index contributed by atoms with van der Waals surface area (Å²) in [6, 6.07) is 11.4. The van der Waals surface area contributed by atoms with Crippen LogP contribution in [0.15, 0.2) is 42.5 Å². The summed E-state index contributed by atoms with van der Waals surface area (Å²) in [5, 5.41) is 6.26. The molecular weight excluding hydrogens is 291 g/mol. The fourth-order valence-corrected chi connectivity index (χ4v) is 2.01. The van der Waals surface area contributed by atoms with Crippen LogP contribution in [0.4, 0.5) is 15.8 Å². The second kappa shape index (κ2) is 6.90. The molecule has 0 aliphatic carbocycles. The summed E-state index contributed by atoms with van der Waals surface area (Å²) in [5.41, 5.74) is 1.31. The summed E-state index contributed by atoms with van der Waals surface area (Å²) in [6.07, 6.45) is 0. The van der Waals surface area contributed by atoms with Crippen molar-refractivity contribution in [2.75, 3.05) is 24.9 Å². The molecule has 0 atom stereocenters. The second-order valence-electron chi connectivity index (χ2n) is 4.16. The highest BCUT2D eigenvalue weighted by Crippen LogP contribution is 2.29. The Morgan fingerprint density at radius 2 is 1.62 bits per heavy atom. The van der Waals surface area contributed by atoms with Crippen LogP contribution in [0.1, 0.15) is 0 Å². The van der Waals surface area contributed by atoms with E-state index in [1.54, 1.807) is 44.6 Å². The van der Waals surface area contributed by atoms with Crippen LogP contribution in [0.5, 0.6) is 11.5 Å². The molecule has 4 nitrogen and oxygen atoms in total. The van der Waals surface area contributed by atoms with Gasteiger partial charge < -0.3 is 20.1 Å². The van der Waals surface area contributed by atoms with Gasteiger partial charge in [0.1, 0.15) is 5.82 Å².